The Morgan fingerprint density at radius 2 is 2.04 bits per heavy atom. The lowest BCUT2D eigenvalue weighted by Gasteiger charge is -2.32. The second-order valence-corrected chi connectivity index (χ2v) is 7.59. The minimum Gasteiger partial charge on any atom is -0.365 e. The summed E-state index contributed by atoms with van der Waals surface area (Å²) in [6.07, 6.45) is -0.430. The zero-order valence-corrected chi connectivity index (χ0v) is 14.8. The number of nitrogens with zero attached hydrogens (tertiary/aromatic N) is 2. The number of anilines is 1. The number of hydrogen-bond donors (Lipinski definition) is 2. The van der Waals surface area contributed by atoms with E-state index in [-0.39, 0.29) is 30.5 Å². The van der Waals surface area contributed by atoms with Crippen molar-refractivity contribution in [3.05, 3.63) is 41.7 Å². The highest BCUT2D eigenvalue weighted by molar-refractivity contribution is 7.89. The molecule has 0 spiro atoms. The second kappa shape index (κ2) is 6.95. The van der Waals surface area contributed by atoms with Gasteiger partial charge in [0.05, 0.1) is 24.0 Å². The molecule has 25 heavy (non-hydrogen) atoms. The van der Waals surface area contributed by atoms with E-state index in [0.29, 0.717) is 11.4 Å². The van der Waals surface area contributed by atoms with Crippen molar-refractivity contribution >= 4 is 21.6 Å². The van der Waals surface area contributed by atoms with Gasteiger partial charge in [0.15, 0.2) is 0 Å². The number of aryl methyl sites for hydroxylation is 2. The van der Waals surface area contributed by atoms with E-state index in [9.17, 15) is 13.2 Å². The Labute approximate surface area is 146 Å². The number of ether oxygens (including phenoxy) is 1. The first kappa shape index (κ1) is 17.6. The van der Waals surface area contributed by atoms with Crippen LogP contribution in [0, 0.1) is 13.8 Å². The summed E-state index contributed by atoms with van der Waals surface area (Å²) < 4.78 is 33.0. The van der Waals surface area contributed by atoms with Crippen LogP contribution >= 0.6 is 0 Å². The van der Waals surface area contributed by atoms with Crippen LogP contribution in [-0.2, 0) is 19.6 Å². The van der Waals surface area contributed by atoms with E-state index in [1.54, 1.807) is 18.7 Å². The molecule has 2 heterocycles. The maximum Gasteiger partial charge on any atom is 0.253 e. The molecule has 1 unspecified atom stereocenters. The third kappa shape index (κ3) is 3.73. The zero-order chi connectivity index (χ0) is 18.0. The summed E-state index contributed by atoms with van der Waals surface area (Å²) in [6, 6.07) is 9.24. The van der Waals surface area contributed by atoms with Crippen molar-refractivity contribution < 1.29 is 17.9 Å². The van der Waals surface area contributed by atoms with Crippen LogP contribution < -0.4 is 9.62 Å². The lowest BCUT2D eigenvalue weighted by Crippen LogP contribution is -2.50. The lowest BCUT2D eigenvalue weighted by molar-refractivity contribution is -0.129. The molecular weight excluding hydrogens is 344 g/mol. The Kier molecular flexibility index (Phi) is 4.89. The molecule has 2 aromatic rings. The van der Waals surface area contributed by atoms with Gasteiger partial charge in [-0.3, -0.25) is 9.89 Å². The van der Waals surface area contributed by atoms with Crippen molar-refractivity contribution in [2.24, 2.45) is 0 Å². The lowest BCUT2D eigenvalue weighted by atomic mass is 10.2. The smallest absolute Gasteiger partial charge is 0.253 e. The molecule has 134 valence electrons. The van der Waals surface area contributed by atoms with Gasteiger partial charge in [-0.05, 0) is 26.0 Å². The minimum atomic E-state index is -3.70. The molecule has 9 heteroatoms. The van der Waals surface area contributed by atoms with Crippen LogP contribution in [0.25, 0.3) is 0 Å². The fourth-order valence-corrected chi connectivity index (χ4v) is 4.25. The van der Waals surface area contributed by atoms with Gasteiger partial charge in [0.1, 0.15) is 11.5 Å². The van der Waals surface area contributed by atoms with E-state index in [1.165, 1.54) is 0 Å². The normalized spacial score (nSPS) is 18.6. The first-order valence-corrected chi connectivity index (χ1v) is 9.35. The average molecular weight is 364 g/mol. The van der Waals surface area contributed by atoms with Crippen LogP contribution in [0.15, 0.2) is 35.2 Å². The maximum absolute atomic E-state index is 12.5. The number of amides is 1. The van der Waals surface area contributed by atoms with Crippen molar-refractivity contribution in [2.45, 2.75) is 24.8 Å². The summed E-state index contributed by atoms with van der Waals surface area (Å²) in [4.78, 5) is 13.8. The number of para-hydroxylation sites is 1. The van der Waals surface area contributed by atoms with Crippen molar-refractivity contribution in [1.82, 2.24) is 14.9 Å². The van der Waals surface area contributed by atoms with Crippen LogP contribution in [0.2, 0.25) is 0 Å². The summed E-state index contributed by atoms with van der Waals surface area (Å²) in [5.74, 6) is -0.146. The van der Waals surface area contributed by atoms with Crippen LogP contribution in [-0.4, -0.2) is 50.3 Å². The van der Waals surface area contributed by atoms with E-state index >= 15 is 0 Å². The predicted octanol–water partition coefficient (Wildman–Crippen LogP) is 0.737. The Morgan fingerprint density at radius 1 is 1.32 bits per heavy atom. The Balaban J connectivity index is 1.68. The van der Waals surface area contributed by atoms with Crippen LogP contribution in [0.5, 0.6) is 0 Å². The molecule has 3 rings (SSSR count). The number of benzene rings is 1. The molecule has 8 nitrogen and oxygen atoms in total. The Hall–Kier alpha value is -2.23. The van der Waals surface area contributed by atoms with Gasteiger partial charge in [-0.25, -0.2) is 13.1 Å². The standard InChI is InChI=1S/C16H20N4O4S/c1-11-16(12(2)19-18-11)25(22,23)17-8-14-9-20(15(21)10-24-14)13-6-4-3-5-7-13/h3-7,14,17H,8-10H2,1-2H3,(H,18,19). The van der Waals surface area contributed by atoms with E-state index in [1.807, 2.05) is 30.3 Å². The van der Waals surface area contributed by atoms with Crippen molar-refractivity contribution in [2.75, 3.05) is 24.6 Å². The highest BCUT2D eigenvalue weighted by Gasteiger charge is 2.29. The van der Waals surface area contributed by atoms with Gasteiger partial charge in [0.25, 0.3) is 5.91 Å². The first-order valence-electron chi connectivity index (χ1n) is 7.87. The van der Waals surface area contributed by atoms with Gasteiger partial charge in [0.2, 0.25) is 10.0 Å². The molecule has 0 bridgehead atoms. The number of hydrogen-bond acceptors (Lipinski definition) is 5. The predicted molar refractivity (Wildman–Crippen MR) is 91.8 cm³/mol. The molecule has 0 radical (unpaired) electrons. The largest absolute Gasteiger partial charge is 0.365 e. The fraction of sp³-hybridized carbons (Fsp3) is 0.375. The molecule has 1 aromatic heterocycles. The van der Waals surface area contributed by atoms with E-state index < -0.39 is 16.1 Å². The van der Waals surface area contributed by atoms with Crippen molar-refractivity contribution in [1.29, 1.82) is 0 Å². The number of carbonyl (C=O) groups excluding carboxylic acids is 1. The summed E-state index contributed by atoms with van der Waals surface area (Å²) in [5.41, 5.74) is 1.66. The molecule has 1 aliphatic heterocycles. The summed E-state index contributed by atoms with van der Waals surface area (Å²) in [5, 5.41) is 6.57. The average Bonchev–Trinajstić information content (AvgIpc) is 2.94. The summed E-state index contributed by atoms with van der Waals surface area (Å²) in [7, 11) is -3.70. The molecule has 1 fully saturated rings. The fourth-order valence-electron chi connectivity index (χ4n) is 2.82. The van der Waals surface area contributed by atoms with Gasteiger partial charge in [0, 0.05) is 12.2 Å². The quantitative estimate of drug-likeness (QED) is 0.814. The van der Waals surface area contributed by atoms with Gasteiger partial charge >= 0.3 is 0 Å². The molecule has 1 amide bonds. The van der Waals surface area contributed by atoms with E-state index in [2.05, 4.69) is 14.9 Å². The number of aromatic amines is 1. The molecule has 0 saturated carbocycles. The summed E-state index contributed by atoms with van der Waals surface area (Å²) >= 11 is 0. The highest BCUT2D eigenvalue weighted by Crippen LogP contribution is 2.19. The summed E-state index contributed by atoms with van der Waals surface area (Å²) in [6.45, 7) is 3.56. The molecule has 1 aromatic carbocycles. The van der Waals surface area contributed by atoms with Crippen molar-refractivity contribution in [3.8, 4) is 0 Å². The molecule has 1 saturated heterocycles. The van der Waals surface area contributed by atoms with Crippen LogP contribution in [0.1, 0.15) is 11.4 Å². The van der Waals surface area contributed by atoms with Crippen LogP contribution in [0.4, 0.5) is 5.69 Å². The highest BCUT2D eigenvalue weighted by atomic mass is 32.2. The molecule has 1 aliphatic rings. The Bertz CT molecular complexity index is 844. The maximum atomic E-state index is 12.5. The van der Waals surface area contributed by atoms with E-state index in [4.69, 9.17) is 4.74 Å². The SMILES string of the molecule is Cc1n[nH]c(C)c1S(=O)(=O)NCC1CN(c2ccccc2)C(=O)CO1. The number of H-pyrrole nitrogens is 1. The molecule has 1 atom stereocenters. The number of carbonyl (C=O) groups is 1. The van der Waals surface area contributed by atoms with Gasteiger partial charge in [-0.15, -0.1) is 0 Å². The van der Waals surface area contributed by atoms with Crippen molar-refractivity contribution in [3.63, 3.8) is 0 Å². The van der Waals surface area contributed by atoms with Gasteiger partial charge in [-0.2, -0.15) is 5.10 Å². The molecule has 0 aliphatic carbocycles. The Morgan fingerprint density at radius 3 is 2.68 bits per heavy atom. The number of morpholine rings is 1. The van der Waals surface area contributed by atoms with E-state index in [0.717, 1.165) is 5.69 Å². The monoisotopic (exact) mass is 364 g/mol. The third-order valence-electron chi connectivity index (χ3n) is 4.03. The first-order chi connectivity index (χ1) is 11.9. The topological polar surface area (TPSA) is 104 Å². The zero-order valence-electron chi connectivity index (χ0n) is 14.0. The second-order valence-electron chi connectivity index (χ2n) is 5.89. The van der Waals surface area contributed by atoms with Crippen LogP contribution in [0.3, 0.4) is 0 Å². The number of rotatable bonds is 5. The number of sulfonamides is 1. The van der Waals surface area contributed by atoms with Gasteiger partial charge < -0.3 is 9.64 Å². The molecule has 2 N–H and O–H groups in total. The number of aromatic nitrogens is 2. The minimum absolute atomic E-state index is 0.0724. The van der Waals surface area contributed by atoms with Gasteiger partial charge in [-0.1, -0.05) is 18.2 Å². The number of nitrogens with one attached hydrogen (secondary N) is 2. The third-order valence-corrected chi connectivity index (χ3v) is 5.71. The molecular formula is C16H20N4O4S.